The first-order valence-corrected chi connectivity index (χ1v) is 14.9. The van der Waals surface area contributed by atoms with Crippen molar-refractivity contribution in [1.29, 1.82) is 0 Å². The normalized spacial score (nSPS) is 12.5. The molecule has 0 unspecified atom stereocenters. The van der Waals surface area contributed by atoms with E-state index in [0.29, 0.717) is 0 Å². The number of benzene rings is 6. The summed E-state index contributed by atoms with van der Waals surface area (Å²) < 4.78 is 2.34. The predicted molar refractivity (Wildman–Crippen MR) is 180 cm³/mol. The van der Waals surface area contributed by atoms with Crippen LogP contribution in [0.3, 0.4) is 0 Å². The van der Waals surface area contributed by atoms with Crippen LogP contribution in [0.1, 0.15) is 41.7 Å². The predicted octanol–water partition coefficient (Wildman–Crippen LogP) is 10.7. The summed E-state index contributed by atoms with van der Waals surface area (Å²) in [4.78, 5) is 0. The van der Waals surface area contributed by atoms with E-state index >= 15 is 0 Å². The van der Waals surface area contributed by atoms with E-state index in [2.05, 4.69) is 152 Å². The smallest absolute Gasteiger partial charge is 0.0714 e. The van der Waals surface area contributed by atoms with E-state index < -0.39 is 0 Å². The molecule has 0 saturated carbocycles. The fraction of sp³-hybridized carbons (Fsp3) is 0.122. The van der Waals surface area contributed by atoms with Crippen molar-refractivity contribution in [3.05, 3.63) is 179 Å². The van der Waals surface area contributed by atoms with Crippen molar-refractivity contribution in [1.82, 2.24) is 4.57 Å². The summed E-state index contributed by atoms with van der Waals surface area (Å²) in [6.07, 6.45) is 0. The van der Waals surface area contributed by atoms with Crippen molar-refractivity contribution in [2.24, 2.45) is 7.05 Å². The van der Waals surface area contributed by atoms with E-state index in [9.17, 15) is 0 Å². The number of hydrogen-bond acceptors (Lipinski definition) is 0. The lowest BCUT2D eigenvalue weighted by Crippen LogP contribution is -2.28. The molecule has 1 aliphatic rings. The largest absolute Gasteiger partial charge is 0.344 e. The zero-order chi connectivity index (χ0) is 29.1. The minimum absolute atomic E-state index is 0.348. The lowest BCUT2D eigenvalue weighted by Gasteiger charge is -2.33. The SMILES string of the molecule is CC.Cc1ccccc1.Cn1c2ccccc2c2cc3c(cc21)C(c1ccccc1)(c1ccccc1)c1ccccc1-3. The van der Waals surface area contributed by atoms with E-state index in [1.165, 1.54) is 60.8 Å². The van der Waals surface area contributed by atoms with Crippen molar-refractivity contribution >= 4 is 21.8 Å². The quantitative estimate of drug-likeness (QED) is 0.204. The number of hydrogen-bond donors (Lipinski definition) is 0. The summed E-state index contributed by atoms with van der Waals surface area (Å²) in [5.74, 6) is 0. The van der Waals surface area contributed by atoms with Gasteiger partial charge in [0.05, 0.1) is 5.41 Å². The van der Waals surface area contributed by atoms with Gasteiger partial charge in [-0.15, -0.1) is 0 Å². The molecule has 1 aromatic heterocycles. The Morgan fingerprint density at radius 1 is 0.452 bits per heavy atom. The van der Waals surface area contributed by atoms with Crippen molar-refractivity contribution in [2.45, 2.75) is 26.2 Å². The lowest BCUT2D eigenvalue weighted by molar-refractivity contribution is 0.768. The van der Waals surface area contributed by atoms with Crippen LogP contribution < -0.4 is 0 Å². The van der Waals surface area contributed by atoms with E-state index in [1.807, 2.05) is 32.0 Å². The molecule has 0 saturated heterocycles. The molecular formula is C41H37N. The minimum Gasteiger partial charge on any atom is -0.344 e. The van der Waals surface area contributed by atoms with E-state index in [1.54, 1.807) is 0 Å². The fourth-order valence-electron chi connectivity index (χ4n) is 6.63. The summed E-state index contributed by atoms with van der Waals surface area (Å²) in [5, 5.41) is 2.63. The number of aryl methyl sites for hydroxylation is 2. The third kappa shape index (κ3) is 4.33. The Morgan fingerprint density at radius 3 is 1.57 bits per heavy atom. The number of aromatic nitrogens is 1. The van der Waals surface area contributed by atoms with Crippen LogP contribution >= 0.6 is 0 Å². The molecule has 0 aliphatic heterocycles. The Hall–Kier alpha value is -4.88. The first-order valence-electron chi connectivity index (χ1n) is 14.9. The standard InChI is InChI=1S/C32H23N.C7H8.C2H6/c1-33-30-19-11-9-17-25(30)27-20-26-24-16-8-10-18-28(24)32(29(26)21-31(27)33,22-12-4-2-5-13-22)23-14-6-3-7-15-23;1-7-5-3-2-4-6-7;1-2/h2-21H,1H3;2-6H,1H3;1-2H3. The molecular weight excluding hydrogens is 506 g/mol. The summed E-state index contributed by atoms with van der Waals surface area (Å²) in [6.45, 7) is 6.08. The van der Waals surface area contributed by atoms with Crippen LogP contribution in [-0.4, -0.2) is 4.57 Å². The van der Waals surface area contributed by atoms with Gasteiger partial charge in [-0.05, 0) is 58.5 Å². The first kappa shape index (κ1) is 27.3. The van der Waals surface area contributed by atoms with Gasteiger partial charge in [-0.2, -0.15) is 0 Å². The van der Waals surface area contributed by atoms with Gasteiger partial charge in [-0.3, -0.25) is 0 Å². The van der Waals surface area contributed by atoms with Crippen LogP contribution in [0.5, 0.6) is 0 Å². The molecule has 1 heterocycles. The number of para-hydroxylation sites is 1. The summed E-state index contributed by atoms with van der Waals surface area (Å²) in [7, 11) is 2.19. The molecule has 6 aromatic carbocycles. The number of nitrogens with zero attached hydrogens (tertiary/aromatic N) is 1. The molecule has 1 aliphatic carbocycles. The Morgan fingerprint density at radius 2 is 0.976 bits per heavy atom. The van der Waals surface area contributed by atoms with E-state index in [4.69, 9.17) is 0 Å². The highest BCUT2D eigenvalue weighted by Crippen LogP contribution is 2.57. The van der Waals surface area contributed by atoms with Gasteiger partial charge < -0.3 is 4.57 Å². The van der Waals surface area contributed by atoms with Gasteiger partial charge in [0.15, 0.2) is 0 Å². The van der Waals surface area contributed by atoms with Crippen molar-refractivity contribution in [3.8, 4) is 11.1 Å². The topological polar surface area (TPSA) is 4.93 Å². The van der Waals surface area contributed by atoms with Crippen LogP contribution in [0.25, 0.3) is 32.9 Å². The summed E-state index contributed by atoms with van der Waals surface area (Å²) in [6, 6.07) is 54.8. The molecule has 8 rings (SSSR count). The van der Waals surface area contributed by atoms with Gasteiger partial charge in [0.2, 0.25) is 0 Å². The van der Waals surface area contributed by atoms with Gasteiger partial charge in [0.25, 0.3) is 0 Å². The van der Waals surface area contributed by atoms with E-state index in [-0.39, 0.29) is 5.41 Å². The highest BCUT2D eigenvalue weighted by Gasteiger charge is 2.46. The van der Waals surface area contributed by atoms with Crippen LogP contribution in [-0.2, 0) is 12.5 Å². The maximum absolute atomic E-state index is 2.45. The van der Waals surface area contributed by atoms with Crippen LogP contribution in [0, 0.1) is 6.92 Å². The van der Waals surface area contributed by atoms with Crippen LogP contribution in [0.15, 0.2) is 152 Å². The zero-order valence-electron chi connectivity index (χ0n) is 24.9. The number of rotatable bonds is 2. The Balaban J connectivity index is 0.000000306. The van der Waals surface area contributed by atoms with Crippen molar-refractivity contribution in [3.63, 3.8) is 0 Å². The molecule has 0 amide bonds. The maximum Gasteiger partial charge on any atom is 0.0714 e. The average molecular weight is 544 g/mol. The Bertz CT molecular complexity index is 1910. The molecule has 0 radical (unpaired) electrons. The molecule has 0 N–H and O–H groups in total. The van der Waals surface area contributed by atoms with Crippen molar-refractivity contribution in [2.75, 3.05) is 0 Å². The summed E-state index contributed by atoms with van der Waals surface area (Å²) in [5.41, 5.74) is 11.5. The lowest BCUT2D eigenvalue weighted by atomic mass is 9.67. The molecule has 206 valence electrons. The minimum atomic E-state index is -0.348. The molecule has 0 spiro atoms. The highest BCUT2D eigenvalue weighted by atomic mass is 14.9. The van der Waals surface area contributed by atoms with Gasteiger partial charge in [-0.1, -0.05) is 153 Å². The Labute approximate surface area is 249 Å². The van der Waals surface area contributed by atoms with Gasteiger partial charge in [-0.25, -0.2) is 0 Å². The summed E-state index contributed by atoms with van der Waals surface area (Å²) >= 11 is 0. The van der Waals surface area contributed by atoms with Gasteiger partial charge >= 0.3 is 0 Å². The van der Waals surface area contributed by atoms with Crippen LogP contribution in [0.4, 0.5) is 0 Å². The van der Waals surface area contributed by atoms with Crippen molar-refractivity contribution < 1.29 is 0 Å². The molecule has 0 fully saturated rings. The second-order valence-corrected chi connectivity index (χ2v) is 10.7. The van der Waals surface area contributed by atoms with Crippen LogP contribution in [0.2, 0.25) is 0 Å². The Kier molecular flexibility index (Phi) is 7.50. The highest BCUT2D eigenvalue weighted by molar-refractivity contribution is 6.10. The zero-order valence-corrected chi connectivity index (χ0v) is 24.9. The molecule has 7 aromatic rings. The second kappa shape index (κ2) is 11.5. The second-order valence-electron chi connectivity index (χ2n) is 10.7. The average Bonchev–Trinajstić information content (AvgIpc) is 3.52. The number of fused-ring (bicyclic) bond motifs is 6. The third-order valence-corrected chi connectivity index (χ3v) is 8.43. The first-order chi connectivity index (χ1) is 20.7. The molecule has 42 heavy (non-hydrogen) atoms. The monoisotopic (exact) mass is 543 g/mol. The van der Waals surface area contributed by atoms with E-state index in [0.717, 1.165) is 0 Å². The van der Waals surface area contributed by atoms with Gasteiger partial charge in [0, 0.05) is 28.9 Å². The fourth-order valence-corrected chi connectivity index (χ4v) is 6.63. The molecule has 0 atom stereocenters. The molecule has 1 heteroatoms. The van der Waals surface area contributed by atoms with Gasteiger partial charge in [0.1, 0.15) is 0 Å². The molecule has 0 bridgehead atoms. The maximum atomic E-state index is 2.45. The molecule has 1 nitrogen and oxygen atoms in total. The third-order valence-electron chi connectivity index (χ3n) is 8.43.